The normalized spacial score (nSPS) is 10.8. The smallest absolute Gasteiger partial charge is 0.257 e. The fourth-order valence-electron chi connectivity index (χ4n) is 2.03. The molecule has 3 rings (SSSR count). The molecule has 0 aliphatic heterocycles. The lowest BCUT2D eigenvalue weighted by Crippen LogP contribution is -2.14. The van der Waals surface area contributed by atoms with Crippen molar-refractivity contribution in [2.24, 2.45) is 0 Å². The Morgan fingerprint density at radius 2 is 2.10 bits per heavy atom. The van der Waals surface area contributed by atoms with Gasteiger partial charge in [0.05, 0.1) is 10.2 Å². The number of nitrogens with one attached hydrogen (secondary N) is 1. The van der Waals surface area contributed by atoms with E-state index in [2.05, 4.69) is 26.2 Å². The van der Waals surface area contributed by atoms with E-state index in [4.69, 9.17) is 5.73 Å². The molecule has 0 spiro atoms. The van der Waals surface area contributed by atoms with Crippen LogP contribution in [-0.4, -0.2) is 10.9 Å². The molecule has 3 N–H and O–H groups in total. The van der Waals surface area contributed by atoms with Crippen molar-refractivity contribution in [1.82, 2.24) is 4.98 Å². The number of para-hydroxylation sites is 1. The van der Waals surface area contributed by atoms with Crippen molar-refractivity contribution in [3.05, 3.63) is 52.0 Å². The van der Waals surface area contributed by atoms with Crippen LogP contribution < -0.4 is 11.1 Å². The molecular formula is C15H12BrN3OS. The largest absolute Gasteiger partial charge is 0.398 e. The van der Waals surface area contributed by atoms with Crippen LogP contribution in [0.3, 0.4) is 0 Å². The summed E-state index contributed by atoms with van der Waals surface area (Å²) in [6.07, 6.45) is 0. The summed E-state index contributed by atoms with van der Waals surface area (Å²) in [7, 11) is 0. The van der Waals surface area contributed by atoms with Crippen LogP contribution in [0.5, 0.6) is 0 Å². The topological polar surface area (TPSA) is 68.0 Å². The van der Waals surface area contributed by atoms with Crippen molar-refractivity contribution in [2.45, 2.75) is 6.92 Å². The Morgan fingerprint density at radius 1 is 1.33 bits per heavy atom. The maximum atomic E-state index is 12.4. The highest BCUT2D eigenvalue weighted by atomic mass is 79.9. The van der Waals surface area contributed by atoms with Gasteiger partial charge in [-0.25, -0.2) is 4.98 Å². The highest BCUT2D eigenvalue weighted by Crippen LogP contribution is 2.27. The number of anilines is 2. The number of nitrogens with zero attached hydrogens (tertiary/aromatic N) is 1. The van der Waals surface area contributed by atoms with E-state index in [1.807, 2.05) is 31.2 Å². The SMILES string of the molecule is Cc1c(N)cc(Br)cc1C(=O)Nc1nc2ccccc2s1. The quantitative estimate of drug-likeness (QED) is 0.672. The Morgan fingerprint density at radius 3 is 2.86 bits per heavy atom. The number of halogens is 1. The minimum absolute atomic E-state index is 0.209. The van der Waals surface area contributed by atoms with Gasteiger partial charge in [-0.15, -0.1) is 0 Å². The molecule has 1 aromatic heterocycles. The number of aromatic nitrogens is 1. The predicted octanol–water partition coefficient (Wildman–Crippen LogP) is 4.20. The van der Waals surface area contributed by atoms with Crippen LogP contribution in [-0.2, 0) is 0 Å². The molecule has 1 amide bonds. The zero-order valence-electron chi connectivity index (χ0n) is 11.2. The first-order chi connectivity index (χ1) is 10.0. The van der Waals surface area contributed by atoms with E-state index >= 15 is 0 Å². The lowest BCUT2D eigenvalue weighted by Gasteiger charge is -2.08. The predicted molar refractivity (Wildman–Crippen MR) is 90.9 cm³/mol. The van der Waals surface area contributed by atoms with Crippen LogP contribution in [0.15, 0.2) is 40.9 Å². The number of thiazole rings is 1. The summed E-state index contributed by atoms with van der Waals surface area (Å²) >= 11 is 4.80. The van der Waals surface area contributed by atoms with Gasteiger partial charge in [-0.05, 0) is 36.8 Å². The van der Waals surface area contributed by atoms with E-state index < -0.39 is 0 Å². The van der Waals surface area contributed by atoms with E-state index in [1.165, 1.54) is 11.3 Å². The average Bonchev–Trinajstić information content (AvgIpc) is 2.84. The molecule has 0 saturated carbocycles. The van der Waals surface area contributed by atoms with Gasteiger partial charge >= 0.3 is 0 Å². The maximum absolute atomic E-state index is 12.4. The Bertz CT molecular complexity index is 811. The Kier molecular flexibility index (Phi) is 3.65. The van der Waals surface area contributed by atoms with Gasteiger partial charge in [-0.1, -0.05) is 39.4 Å². The molecule has 0 saturated heterocycles. The molecule has 2 aromatic carbocycles. The summed E-state index contributed by atoms with van der Waals surface area (Å²) in [6, 6.07) is 11.3. The third kappa shape index (κ3) is 2.77. The van der Waals surface area contributed by atoms with E-state index in [9.17, 15) is 4.79 Å². The number of fused-ring (bicyclic) bond motifs is 1. The number of nitrogens with two attached hydrogens (primary N) is 1. The maximum Gasteiger partial charge on any atom is 0.257 e. The van der Waals surface area contributed by atoms with Crippen LogP contribution in [0.4, 0.5) is 10.8 Å². The van der Waals surface area contributed by atoms with E-state index in [-0.39, 0.29) is 5.91 Å². The molecule has 0 atom stereocenters. The molecule has 0 aliphatic carbocycles. The van der Waals surface area contributed by atoms with Gasteiger partial charge in [-0.2, -0.15) is 0 Å². The van der Waals surface area contributed by atoms with Crippen molar-refractivity contribution in [3.8, 4) is 0 Å². The summed E-state index contributed by atoms with van der Waals surface area (Å²) in [5, 5.41) is 3.42. The second kappa shape index (κ2) is 5.46. The van der Waals surface area contributed by atoms with Gasteiger partial charge in [-0.3, -0.25) is 10.1 Å². The zero-order valence-corrected chi connectivity index (χ0v) is 13.6. The summed E-state index contributed by atoms with van der Waals surface area (Å²) in [5.74, 6) is -0.209. The van der Waals surface area contributed by atoms with Gasteiger partial charge < -0.3 is 5.73 Å². The van der Waals surface area contributed by atoms with E-state index in [1.54, 1.807) is 12.1 Å². The number of hydrogen-bond donors (Lipinski definition) is 2. The molecule has 3 aromatic rings. The fourth-order valence-corrected chi connectivity index (χ4v) is 3.36. The molecule has 0 aliphatic rings. The van der Waals surface area contributed by atoms with Crippen LogP contribution in [0.1, 0.15) is 15.9 Å². The minimum atomic E-state index is -0.209. The first-order valence-corrected chi connectivity index (χ1v) is 7.88. The molecule has 0 unspecified atom stereocenters. The second-order valence-corrected chi connectivity index (χ2v) is 6.55. The van der Waals surface area contributed by atoms with Gasteiger partial charge in [0.2, 0.25) is 0 Å². The summed E-state index contributed by atoms with van der Waals surface area (Å²) in [4.78, 5) is 16.8. The Labute approximate surface area is 134 Å². The third-order valence-electron chi connectivity index (χ3n) is 3.17. The van der Waals surface area contributed by atoms with Crippen molar-refractivity contribution < 1.29 is 4.79 Å². The molecule has 1 heterocycles. The standard InChI is InChI=1S/C15H12BrN3OS/c1-8-10(6-9(16)7-11(8)17)14(20)19-15-18-12-4-2-3-5-13(12)21-15/h2-7H,17H2,1H3,(H,18,19,20). The van der Waals surface area contributed by atoms with Gasteiger partial charge in [0.15, 0.2) is 5.13 Å². The number of nitrogen functional groups attached to an aromatic ring is 1. The first-order valence-electron chi connectivity index (χ1n) is 6.27. The number of carbonyl (C=O) groups excluding carboxylic acids is 1. The number of carbonyl (C=O) groups is 1. The Hall–Kier alpha value is -1.92. The molecule has 0 fully saturated rings. The van der Waals surface area contributed by atoms with Gasteiger partial charge in [0.25, 0.3) is 5.91 Å². The number of benzene rings is 2. The lowest BCUT2D eigenvalue weighted by atomic mass is 10.1. The van der Waals surface area contributed by atoms with Crippen LogP contribution >= 0.6 is 27.3 Å². The number of amides is 1. The van der Waals surface area contributed by atoms with Crippen molar-refractivity contribution >= 4 is 54.2 Å². The second-order valence-electron chi connectivity index (χ2n) is 4.61. The van der Waals surface area contributed by atoms with Crippen molar-refractivity contribution in [1.29, 1.82) is 0 Å². The number of hydrogen-bond acceptors (Lipinski definition) is 4. The third-order valence-corrected chi connectivity index (χ3v) is 4.58. The van der Waals surface area contributed by atoms with Crippen LogP contribution in [0.2, 0.25) is 0 Å². The Balaban J connectivity index is 1.93. The summed E-state index contributed by atoms with van der Waals surface area (Å²) in [6.45, 7) is 1.83. The number of rotatable bonds is 2. The molecule has 4 nitrogen and oxygen atoms in total. The van der Waals surface area contributed by atoms with Crippen LogP contribution in [0, 0.1) is 6.92 Å². The highest BCUT2D eigenvalue weighted by Gasteiger charge is 2.14. The highest BCUT2D eigenvalue weighted by molar-refractivity contribution is 9.10. The zero-order chi connectivity index (χ0) is 15.0. The molecular weight excluding hydrogens is 350 g/mol. The monoisotopic (exact) mass is 361 g/mol. The average molecular weight is 362 g/mol. The summed E-state index contributed by atoms with van der Waals surface area (Å²) in [5.41, 5.74) is 8.65. The van der Waals surface area contributed by atoms with Gasteiger partial charge in [0, 0.05) is 15.7 Å². The molecule has 6 heteroatoms. The first kappa shape index (κ1) is 14.0. The summed E-state index contributed by atoms with van der Waals surface area (Å²) < 4.78 is 1.82. The van der Waals surface area contributed by atoms with Gasteiger partial charge in [0.1, 0.15) is 0 Å². The fraction of sp³-hybridized carbons (Fsp3) is 0.0667. The van der Waals surface area contributed by atoms with Crippen molar-refractivity contribution in [3.63, 3.8) is 0 Å². The van der Waals surface area contributed by atoms with E-state index in [0.717, 1.165) is 20.3 Å². The molecule has 0 bridgehead atoms. The minimum Gasteiger partial charge on any atom is -0.398 e. The van der Waals surface area contributed by atoms with E-state index in [0.29, 0.717) is 16.4 Å². The molecule has 106 valence electrons. The lowest BCUT2D eigenvalue weighted by molar-refractivity contribution is 0.102. The molecule has 0 radical (unpaired) electrons. The molecule has 21 heavy (non-hydrogen) atoms. The van der Waals surface area contributed by atoms with Crippen LogP contribution in [0.25, 0.3) is 10.2 Å². The van der Waals surface area contributed by atoms with Crippen molar-refractivity contribution in [2.75, 3.05) is 11.1 Å².